The predicted molar refractivity (Wildman–Crippen MR) is 81.7 cm³/mol. The van der Waals surface area contributed by atoms with Gasteiger partial charge in [0.25, 0.3) is 0 Å². The molecule has 0 N–H and O–H groups in total. The minimum atomic E-state index is 0.187. The molecule has 3 rings (SSSR count). The van der Waals surface area contributed by atoms with E-state index in [4.69, 9.17) is 9.26 Å². The number of hydrogen-bond donors (Lipinski definition) is 0. The highest BCUT2D eigenvalue weighted by atomic mass is 16.5. The number of carbonyl (C=O) groups is 1. The number of nitrogens with zero attached hydrogens (tertiary/aromatic N) is 3. The molecule has 0 bridgehead atoms. The fourth-order valence-electron chi connectivity index (χ4n) is 3.44. The SMILES string of the molecule is Cc1noc(C)c1CC(=O)N1CCC[C@@H](N2CCOCC2)C1. The second-order valence-electron chi connectivity index (χ2n) is 6.26. The Balaban J connectivity index is 1.60. The first kappa shape index (κ1) is 15.5. The monoisotopic (exact) mass is 307 g/mol. The molecule has 1 aromatic rings. The van der Waals surface area contributed by atoms with E-state index in [2.05, 4.69) is 10.1 Å². The molecule has 1 amide bonds. The molecule has 0 unspecified atom stereocenters. The summed E-state index contributed by atoms with van der Waals surface area (Å²) in [5.41, 5.74) is 1.77. The average molecular weight is 307 g/mol. The highest BCUT2D eigenvalue weighted by Gasteiger charge is 2.29. The van der Waals surface area contributed by atoms with Gasteiger partial charge in [-0.1, -0.05) is 5.16 Å². The van der Waals surface area contributed by atoms with E-state index in [-0.39, 0.29) is 5.91 Å². The Morgan fingerprint density at radius 3 is 2.73 bits per heavy atom. The molecule has 2 saturated heterocycles. The van der Waals surface area contributed by atoms with Gasteiger partial charge in [-0.25, -0.2) is 0 Å². The molecule has 2 aliphatic rings. The van der Waals surface area contributed by atoms with Crippen LogP contribution in [0.5, 0.6) is 0 Å². The first-order valence-electron chi connectivity index (χ1n) is 8.16. The predicted octanol–water partition coefficient (Wildman–Crippen LogP) is 1.16. The molecule has 0 saturated carbocycles. The van der Waals surface area contributed by atoms with Crippen molar-refractivity contribution in [1.82, 2.24) is 15.0 Å². The molecule has 2 aliphatic heterocycles. The van der Waals surface area contributed by atoms with E-state index >= 15 is 0 Å². The fraction of sp³-hybridized carbons (Fsp3) is 0.750. The minimum absolute atomic E-state index is 0.187. The van der Waals surface area contributed by atoms with Crippen molar-refractivity contribution in [3.8, 4) is 0 Å². The third-order valence-corrected chi connectivity index (χ3v) is 4.82. The van der Waals surface area contributed by atoms with Crippen LogP contribution in [0.1, 0.15) is 29.9 Å². The van der Waals surface area contributed by atoms with Crippen LogP contribution in [-0.4, -0.2) is 66.3 Å². The maximum Gasteiger partial charge on any atom is 0.227 e. The van der Waals surface area contributed by atoms with Crippen molar-refractivity contribution < 1.29 is 14.1 Å². The standard InChI is InChI=1S/C16H25N3O3/c1-12-15(13(2)22-17-12)10-16(20)19-5-3-4-14(11-19)18-6-8-21-9-7-18/h14H,3-11H2,1-2H3/t14-/m1/s1. The van der Waals surface area contributed by atoms with Crippen LogP contribution >= 0.6 is 0 Å². The first-order chi connectivity index (χ1) is 10.6. The third kappa shape index (κ3) is 3.33. The molecule has 6 nitrogen and oxygen atoms in total. The topological polar surface area (TPSA) is 58.8 Å². The highest BCUT2D eigenvalue weighted by Crippen LogP contribution is 2.20. The van der Waals surface area contributed by atoms with Crippen LogP contribution in [0.2, 0.25) is 0 Å². The van der Waals surface area contributed by atoms with Crippen LogP contribution in [0.3, 0.4) is 0 Å². The molecule has 0 spiro atoms. The lowest BCUT2D eigenvalue weighted by Crippen LogP contribution is -2.53. The van der Waals surface area contributed by atoms with Crippen LogP contribution in [0.4, 0.5) is 0 Å². The second-order valence-corrected chi connectivity index (χ2v) is 6.26. The zero-order valence-electron chi connectivity index (χ0n) is 13.5. The Labute approximate surface area is 131 Å². The normalized spacial score (nSPS) is 23.7. The minimum Gasteiger partial charge on any atom is -0.379 e. The number of aryl methyl sites for hydroxylation is 2. The average Bonchev–Trinajstić information content (AvgIpc) is 2.88. The molecular formula is C16H25N3O3. The van der Waals surface area contributed by atoms with Gasteiger partial charge in [0.1, 0.15) is 5.76 Å². The van der Waals surface area contributed by atoms with E-state index in [0.29, 0.717) is 12.5 Å². The van der Waals surface area contributed by atoms with Crippen molar-refractivity contribution in [2.45, 2.75) is 39.2 Å². The van der Waals surface area contributed by atoms with Gasteiger partial charge >= 0.3 is 0 Å². The summed E-state index contributed by atoms with van der Waals surface area (Å²) in [6.45, 7) is 9.05. The summed E-state index contributed by atoms with van der Waals surface area (Å²) < 4.78 is 10.6. The van der Waals surface area contributed by atoms with Gasteiger partial charge in [-0.15, -0.1) is 0 Å². The zero-order valence-corrected chi connectivity index (χ0v) is 13.5. The van der Waals surface area contributed by atoms with Crippen molar-refractivity contribution in [3.05, 3.63) is 17.0 Å². The Morgan fingerprint density at radius 1 is 1.27 bits per heavy atom. The number of carbonyl (C=O) groups excluding carboxylic acids is 1. The number of hydrogen-bond acceptors (Lipinski definition) is 5. The Bertz CT molecular complexity index is 503. The molecule has 122 valence electrons. The van der Waals surface area contributed by atoms with E-state index in [1.807, 2.05) is 18.7 Å². The van der Waals surface area contributed by atoms with Gasteiger partial charge < -0.3 is 14.2 Å². The highest BCUT2D eigenvalue weighted by molar-refractivity contribution is 5.79. The van der Waals surface area contributed by atoms with Gasteiger partial charge in [0.15, 0.2) is 0 Å². The molecule has 0 radical (unpaired) electrons. The summed E-state index contributed by atoms with van der Waals surface area (Å²) in [4.78, 5) is 17.1. The van der Waals surface area contributed by atoms with E-state index in [9.17, 15) is 4.79 Å². The number of piperidine rings is 1. The Morgan fingerprint density at radius 2 is 2.05 bits per heavy atom. The van der Waals surface area contributed by atoms with E-state index in [1.165, 1.54) is 6.42 Å². The van der Waals surface area contributed by atoms with Crippen LogP contribution < -0.4 is 0 Å². The molecule has 6 heteroatoms. The molecular weight excluding hydrogens is 282 g/mol. The van der Waals surface area contributed by atoms with Crippen molar-refractivity contribution >= 4 is 5.91 Å². The lowest BCUT2D eigenvalue weighted by molar-refractivity contribution is -0.133. The maximum atomic E-state index is 12.6. The van der Waals surface area contributed by atoms with Crippen LogP contribution in [0.15, 0.2) is 4.52 Å². The molecule has 0 aliphatic carbocycles. The van der Waals surface area contributed by atoms with Crippen molar-refractivity contribution in [2.24, 2.45) is 0 Å². The molecule has 2 fully saturated rings. The first-order valence-corrected chi connectivity index (χ1v) is 8.16. The quantitative estimate of drug-likeness (QED) is 0.838. The second kappa shape index (κ2) is 6.79. The summed E-state index contributed by atoms with van der Waals surface area (Å²) in [5.74, 6) is 0.944. The lowest BCUT2D eigenvalue weighted by atomic mass is 10.0. The summed E-state index contributed by atoms with van der Waals surface area (Å²) in [6, 6.07) is 0.478. The number of rotatable bonds is 3. The van der Waals surface area contributed by atoms with Crippen LogP contribution in [0.25, 0.3) is 0 Å². The number of morpholine rings is 1. The van der Waals surface area contributed by atoms with Crippen molar-refractivity contribution in [2.75, 3.05) is 39.4 Å². The third-order valence-electron chi connectivity index (χ3n) is 4.82. The van der Waals surface area contributed by atoms with Crippen LogP contribution in [-0.2, 0) is 16.0 Å². The van der Waals surface area contributed by atoms with Gasteiger partial charge in [-0.2, -0.15) is 0 Å². The van der Waals surface area contributed by atoms with Crippen molar-refractivity contribution in [1.29, 1.82) is 0 Å². The zero-order chi connectivity index (χ0) is 15.5. The summed E-state index contributed by atoms with van der Waals surface area (Å²) >= 11 is 0. The molecule has 22 heavy (non-hydrogen) atoms. The number of aromatic nitrogens is 1. The van der Waals surface area contributed by atoms with Gasteiger partial charge in [0.05, 0.1) is 25.3 Å². The fourth-order valence-corrected chi connectivity index (χ4v) is 3.44. The molecule has 0 aromatic carbocycles. The maximum absolute atomic E-state index is 12.6. The molecule has 1 atom stereocenters. The summed E-state index contributed by atoms with van der Waals surface area (Å²) in [5, 5.41) is 3.93. The molecule has 3 heterocycles. The lowest BCUT2D eigenvalue weighted by Gasteiger charge is -2.40. The van der Waals surface area contributed by atoms with Gasteiger partial charge in [0.2, 0.25) is 5.91 Å². The van der Waals surface area contributed by atoms with Crippen molar-refractivity contribution in [3.63, 3.8) is 0 Å². The van der Waals surface area contributed by atoms with Gasteiger partial charge in [-0.05, 0) is 26.7 Å². The number of ether oxygens (including phenoxy) is 1. The summed E-state index contributed by atoms with van der Waals surface area (Å²) in [7, 11) is 0. The largest absolute Gasteiger partial charge is 0.379 e. The van der Waals surface area contributed by atoms with Gasteiger partial charge in [-0.3, -0.25) is 9.69 Å². The van der Waals surface area contributed by atoms with Crippen LogP contribution in [0, 0.1) is 13.8 Å². The number of likely N-dealkylation sites (tertiary alicyclic amines) is 1. The number of amides is 1. The smallest absolute Gasteiger partial charge is 0.227 e. The van der Waals surface area contributed by atoms with E-state index < -0.39 is 0 Å². The van der Waals surface area contributed by atoms with E-state index in [0.717, 1.165) is 62.8 Å². The Hall–Kier alpha value is -1.40. The Kier molecular flexibility index (Phi) is 4.78. The summed E-state index contributed by atoms with van der Waals surface area (Å²) in [6.07, 6.45) is 2.65. The van der Waals surface area contributed by atoms with E-state index in [1.54, 1.807) is 0 Å². The van der Waals surface area contributed by atoms with Gasteiger partial charge in [0, 0.05) is 37.8 Å². The molecule has 1 aromatic heterocycles.